The fraction of sp³-hybridized carbons (Fsp3) is 0.818. The molecule has 1 rings (SSSR count). The number of carbonyl (C=O) groups excluding carboxylic acids is 1. The first-order chi connectivity index (χ1) is 9.62. The zero-order valence-electron chi connectivity index (χ0n) is 11.3. The van der Waals surface area contributed by atoms with E-state index >= 15 is 0 Å². The van der Waals surface area contributed by atoms with Gasteiger partial charge in [0.1, 0.15) is 12.2 Å². The van der Waals surface area contributed by atoms with Crippen LogP contribution in [0.3, 0.4) is 0 Å². The zero-order chi connectivity index (χ0) is 16.4. The molecule has 1 fully saturated rings. The molecule has 0 aromatic rings. The average molecular weight is 308 g/mol. The lowest BCUT2D eigenvalue weighted by molar-refractivity contribution is -0.294. The Bertz CT molecular complexity index is 406. The van der Waals surface area contributed by atoms with Crippen LogP contribution in [0.5, 0.6) is 0 Å². The molecular formula is C11H20N2O8. The van der Waals surface area contributed by atoms with E-state index in [1.54, 1.807) is 0 Å². The molecule has 10 nitrogen and oxygen atoms in total. The van der Waals surface area contributed by atoms with Gasteiger partial charge in [-0.2, -0.15) is 0 Å². The average Bonchev–Trinajstić information content (AvgIpc) is 2.39. The van der Waals surface area contributed by atoms with Gasteiger partial charge in [0.05, 0.1) is 18.2 Å². The van der Waals surface area contributed by atoms with Crippen LogP contribution in [0.25, 0.3) is 0 Å². The lowest BCUT2D eigenvalue weighted by atomic mass is 9.88. The number of hydrogen-bond donors (Lipinski definition) is 7. The molecule has 10 heteroatoms. The highest BCUT2D eigenvalue weighted by Gasteiger charge is 2.53. The van der Waals surface area contributed by atoms with Gasteiger partial charge in [-0.05, 0) is 0 Å². The van der Waals surface area contributed by atoms with Gasteiger partial charge in [0.25, 0.3) is 5.79 Å². The number of carboxylic acids is 1. The minimum Gasteiger partial charge on any atom is -0.477 e. The minimum absolute atomic E-state index is 0.366. The third-order valence-electron chi connectivity index (χ3n) is 3.26. The van der Waals surface area contributed by atoms with E-state index < -0.39 is 54.5 Å². The molecule has 8 N–H and O–H groups in total. The Morgan fingerprint density at radius 2 is 2.05 bits per heavy atom. The lowest BCUT2D eigenvalue weighted by Crippen LogP contribution is -2.67. The Morgan fingerprint density at radius 1 is 1.48 bits per heavy atom. The second-order valence-electron chi connectivity index (χ2n) is 4.96. The molecule has 0 bridgehead atoms. The molecule has 0 aromatic heterocycles. The van der Waals surface area contributed by atoms with E-state index in [1.165, 1.54) is 0 Å². The summed E-state index contributed by atoms with van der Waals surface area (Å²) < 4.78 is 4.92. The molecular weight excluding hydrogens is 288 g/mol. The number of amides is 1. The summed E-state index contributed by atoms with van der Waals surface area (Å²) in [6, 6.07) is -1.21. The number of carbonyl (C=O) groups is 2. The number of rotatable bonds is 5. The molecule has 1 heterocycles. The monoisotopic (exact) mass is 308 g/mol. The van der Waals surface area contributed by atoms with Crippen LogP contribution in [-0.2, 0) is 14.3 Å². The molecule has 6 atom stereocenters. The maximum atomic E-state index is 11.1. The van der Waals surface area contributed by atoms with Crippen LogP contribution in [0.2, 0.25) is 0 Å². The van der Waals surface area contributed by atoms with Crippen molar-refractivity contribution in [3.8, 4) is 0 Å². The second-order valence-corrected chi connectivity index (χ2v) is 4.96. The van der Waals surface area contributed by atoms with Crippen molar-refractivity contribution in [2.75, 3.05) is 6.54 Å². The van der Waals surface area contributed by atoms with E-state index in [0.29, 0.717) is 0 Å². The summed E-state index contributed by atoms with van der Waals surface area (Å²) in [4.78, 5) is 22.2. The third kappa shape index (κ3) is 3.87. The van der Waals surface area contributed by atoms with Crippen LogP contribution < -0.4 is 11.1 Å². The number of aliphatic carboxylic acids is 1. The fourth-order valence-corrected chi connectivity index (χ4v) is 2.17. The van der Waals surface area contributed by atoms with Gasteiger partial charge in [-0.3, -0.25) is 4.79 Å². The summed E-state index contributed by atoms with van der Waals surface area (Å²) in [5.74, 6) is -5.07. The van der Waals surface area contributed by atoms with Crippen LogP contribution >= 0.6 is 0 Å². The minimum atomic E-state index is -2.74. The number of nitrogens with two attached hydrogens (primary N) is 1. The molecule has 1 saturated heterocycles. The Hall–Kier alpha value is -1.30. The number of nitrogens with one attached hydrogen (secondary N) is 1. The third-order valence-corrected chi connectivity index (χ3v) is 3.26. The normalized spacial score (nSPS) is 35.8. The van der Waals surface area contributed by atoms with Gasteiger partial charge < -0.3 is 41.3 Å². The van der Waals surface area contributed by atoms with Crippen LogP contribution in [0, 0.1) is 0 Å². The maximum absolute atomic E-state index is 11.1. The van der Waals surface area contributed by atoms with Crippen LogP contribution in [-0.4, -0.2) is 80.2 Å². The largest absolute Gasteiger partial charge is 0.477 e. The molecule has 21 heavy (non-hydrogen) atoms. The van der Waals surface area contributed by atoms with Crippen molar-refractivity contribution in [3.05, 3.63) is 0 Å². The molecule has 0 spiro atoms. The zero-order valence-corrected chi connectivity index (χ0v) is 11.3. The van der Waals surface area contributed by atoms with Gasteiger partial charge in [0.15, 0.2) is 0 Å². The van der Waals surface area contributed by atoms with Gasteiger partial charge >= 0.3 is 5.97 Å². The highest BCUT2D eigenvalue weighted by molar-refractivity contribution is 5.76. The molecule has 0 saturated carbocycles. The van der Waals surface area contributed by atoms with Crippen LogP contribution in [0.1, 0.15) is 13.3 Å². The van der Waals surface area contributed by atoms with Crippen molar-refractivity contribution in [1.29, 1.82) is 0 Å². The summed E-state index contributed by atoms with van der Waals surface area (Å²) in [6.45, 7) is 0.781. The first-order valence-electron chi connectivity index (χ1n) is 6.27. The van der Waals surface area contributed by atoms with E-state index in [0.717, 1.165) is 6.92 Å². The lowest BCUT2D eigenvalue weighted by Gasteiger charge is -2.44. The molecule has 1 aliphatic rings. The summed E-state index contributed by atoms with van der Waals surface area (Å²) >= 11 is 0. The summed E-state index contributed by atoms with van der Waals surface area (Å²) in [6.07, 6.45) is -6.98. The van der Waals surface area contributed by atoms with Crippen molar-refractivity contribution in [2.24, 2.45) is 5.73 Å². The van der Waals surface area contributed by atoms with Gasteiger partial charge in [0, 0.05) is 19.9 Å². The molecule has 0 radical (unpaired) electrons. The van der Waals surface area contributed by atoms with E-state index in [-0.39, 0.29) is 6.54 Å². The number of ether oxygens (including phenoxy) is 1. The van der Waals surface area contributed by atoms with Crippen molar-refractivity contribution >= 4 is 11.9 Å². The Kier molecular flexibility index (Phi) is 5.61. The van der Waals surface area contributed by atoms with Gasteiger partial charge in [-0.15, -0.1) is 0 Å². The quantitative estimate of drug-likeness (QED) is 0.267. The number of hydrogen-bond acceptors (Lipinski definition) is 8. The maximum Gasteiger partial charge on any atom is 0.364 e. The summed E-state index contributed by atoms with van der Waals surface area (Å²) in [5.41, 5.74) is 5.19. The SMILES string of the molecule is CC(=O)N[C@H]1[C@H]([C@H](O)[C@H](O)CN)O[C@](O)(C(=O)O)C[C@@H]1O. The van der Waals surface area contributed by atoms with E-state index in [4.69, 9.17) is 15.6 Å². The molecule has 0 aromatic carbocycles. The Morgan fingerprint density at radius 3 is 2.48 bits per heavy atom. The van der Waals surface area contributed by atoms with Gasteiger partial charge in [-0.25, -0.2) is 4.79 Å². The molecule has 122 valence electrons. The highest BCUT2D eigenvalue weighted by Crippen LogP contribution is 2.30. The van der Waals surface area contributed by atoms with Gasteiger partial charge in [0.2, 0.25) is 5.91 Å². The Balaban J connectivity index is 3.07. The number of aliphatic hydroxyl groups is 4. The molecule has 0 unspecified atom stereocenters. The van der Waals surface area contributed by atoms with Crippen LogP contribution in [0.4, 0.5) is 0 Å². The first-order valence-corrected chi connectivity index (χ1v) is 6.27. The smallest absolute Gasteiger partial charge is 0.364 e. The van der Waals surface area contributed by atoms with Crippen molar-refractivity contribution in [1.82, 2.24) is 5.32 Å². The van der Waals surface area contributed by atoms with E-state index in [1.807, 2.05) is 0 Å². The highest BCUT2D eigenvalue weighted by atomic mass is 16.7. The summed E-state index contributed by atoms with van der Waals surface area (Å²) in [5, 5.41) is 50.5. The number of carboxylic acid groups (broad SMARTS) is 1. The van der Waals surface area contributed by atoms with E-state index in [2.05, 4.69) is 5.32 Å². The van der Waals surface area contributed by atoms with Crippen molar-refractivity contribution in [2.45, 2.75) is 49.6 Å². The topological polar surface area (TPSA) is 183 Å². The molecule has 1 amide bonds. The predicted octanol–water partition coefficient (Wildman–Crippen LogP) is -3.91. The van der Waals surface area contributed by atoms with Gasteiger partial charge in [-0.1, -0.05) is 0 Å². The molecule has 1 aliphatic heterocycles. The van der Waals surface area contributed by atoms with Crippen molar-refractivity contribution in [3.63, 3.8) is 0 Å². The van der Waals surface area contributed by atoms with Crippen LogP contribution in [0.15, 0.2) is 0 Å². The molecule has 0 aliphatic carbocycles. The van der Waals surface area contributed by atoms with Crippen molar-refractivity contribution < 1.29 is 39.9 Å². The number of aliphatic hydroxyl groups excluding tert-OH is 3. The second kappa shape index (κ2) is 6.64. The summed E-state index contributed by atoms with van der Waals surface area (Å²) in [7, 11) is 0. The Labute approximate surface area is 120 Å². The first kappa shape index (κ1) is 17.8. The predicted molar refractivity (Wildman–Crippen MR) is 66.8 cm³/mol. The fourth-order valence-electron chi connectivity index (χ4n) is 2.17. The standard InChI is InChI=1S/C11H20N2O8/c1-4(14)13-7-5(15)2-11(20,10(18)19)21-9(7)8(17)6(16)3-12/h5-9,15-17,20H,2-3,12H2,1H3,(H,13,14)(H,18,19)/t5-,6+,7+,8+,9+,11-/m0/s1. The van der Waals surface area contributed by atoms with E-state index in [9.17, 15) is 30.0 Å².